The highest BCUT2D eigenvalue weighted by Crippen LogP contribution is 2.17. The molecule has 0 saturated carbocycles. The number of piperazine rings is 1. The number of thiophene rings is 1. The van der Waals surface area contributed by atoms with E-state index < -0.39 is 0 Å². The molecule has 1 amide bonds. The zero-order valence-corrected chi connectivity index (χ0v) is 14.5. The van der Waals surface area contributed by atoms with E-state index in [4.69, 9.17) is 0 Å². The fraction of sp³-hybridized carbons (Fsp3) is 0.706. The van der Waals surface area contributed by atoms with Crippen LogP contribution in [0.3, 0.4) is 0 Å². The third-order valence-electron chi connectivity index (χ3n) is 5.01. The van der Waals surface area contributed by atoms with Gasteiger partial charge in [-0.15, -0.1) is 0 Å². The molecule has 0 radical (unpaired) electrons. The van der Waals surface area contributed by atoms with E-state index in [1.165, 1.54) is 5.56 Å². The third kappa shape index (κ3) is 4.53. The molecule has 2 aliphatic heterocycles. The number of aliphatic hydroxyl groups excluding tert-OH is 1. The third-order valence-corrected chi connectivity index (χ3v) is 5.74. The highest BCUT2D eigenvalue weighted by molar-refractivity contribution is 7.07. The summed E-state index contributed by atoms with van der Waals surface area (Å²) in [6, 6.07) is 2.35. The van der Waals surface area contributed by atoms with Gasteiger partial charge in [0.15, 0.2) is 0 Å². The summed E-state index contributed by atoms with van der Waals surface area (Å²) in [6.45, 7) is 6.11. The Morgan fingerprint density at radius 1 is 1.22 bits per heavy atom. The maximum absolute atomic E-state index is 12.5. The van der Waals surface area contributed by atoms with Crippen LogP contribution >= 0.6 is 11.3 Å². The first kappa shape index (κ1) is 16.9. The van der Waals surface area contributed by atoms with Crippen molar-refractivity contribution >= 4 is 17.2 Å². The van der Waals surface area contributed by atoms with E-state index in [1.807, 2.05) is 4.90 Å². The Hall–Kier alpha value is -0.950. The number of carbonyl (C=O) groups excluding carboxylic acids is 1. The van der Waals surface area contributed by atoms with Gasteiger partial charge in [0.1, 0.15) is 0 Å². The van der Waals surface area contributed by atoms with Gasteiger partial charge in [0.05, 0.1) is 13.2 Å². The molecule has 128 valence electrons. The molecule has 1 aromatic rings. The normalized spacial score (nSPS) is 24.0. The lowest BCUT2D eigenvalue weighted by Crippen LogP contribution is -2.53. The number of aliphatic hydroxyl groups is 1. The predicted molar refractivity (Wildman–Crippen MR) is 92.5 cm³/mol. The Bertz CT molecular complexity index is 486. The summed E-state index contributed by atoms with van der Waals surface area (Å²) < 4.78 is 0. The van der Waals surface area contributed by atoms with Gasteiger partial charge in [0.25, 0.3) is 0 Å². The van der Waals surface area contributed by atoms with Gasteiger partial charge >= 0.3 is 0 Å². The molecular formula is C17H27N3O2S. The first-order valence-electron chi connectivity index (χ1n) is 8.62. The van der Waals surface area contributed by atoms with Crippen LogP contribution in [-0.2, 0) is 11.3 Å². The van der Waals surface area contributed by atoms with Gasteiger partial charge in [-0.05, 0) is 41.8 Å². The van der Waals surface area contributed by atoms with Crippen molar-refractivity contribution in [1.82, 2.24) is 14.7 Å². The van der Waals surface area contributed by atoms with Crippen molar-refractivity contribution < 1.29 is 9.90 Å². The Morgan fingerprint density at radius 3 is 2.74 bits per heavy atom. The van der Waals surface area contributed by atoms with E-state index >= 15 is 0 Å². The zero-order valence-electron chi connectivity index (χ0n) is 13.7. The minimum Gasteiger partial charge on any atom is -0.395 e. The van der Waals surface area contributed by atoms with Crippen LogP contribution in [-0.4, -0.2) is 77.6 Å². The fourth-order valence-electron chi connectivity index (χ4n) is 3.54. The molecule has 1 N–H and O–H groups in total. The Balaban J connectivity index is 1.44. The van der Waals surface area contributed by atoms with Crippen LogP contribution in [0.2, 0.25) is 0 Å². The lowest BCUT2D eigenvalue weighted by atomic mass is 10.0. The molecule has 23 heavy (non-hydrogen) atoms. The minimum atomic E-state index is 0.168. The van der Waals surface area contributed by atoms with E-state index in [0.29, 0.717) is 6.54 Å². The van der Waals surface area contributed by atoms with Gasteiger partial charge in [-0.2, -0.15) is 11.3 Å². The first-order valence-corrected chi connectivity index (χ1v) is 9.56. The molecular weight excluding hydrogens is 310 g/mol. The van der Waals surface area contributed by atoms with E-state index in [-0.39, 0.29) is 18.6 Å². The maximum Gasteiger partial charge on any atom is 0.236 e. The number of hydrogen-bond donors (Lipinski definition) is 1. The van der Waals surface area contributed by atoms with E-state index in [9.17, 15) is 9.90 Å². The number of carbonyl (C=O) groups is 1. The topological polar surface area (TPSA) is 47.0 Å². The second kappa shape index (κ2) is 8.24. The van der Waals surface area contributed by atoms with Crippen molar-refractivity contribution in [2.24, 2.45) is 0 Å². The largest absolute Gasteiger partial charge is 0.395 e. The van der Waals surface area contributed by atoms with Gasteiger partial charge in [-0.1, -0.05) is 6.42 Å². The smallest absolute Gasteiger partial charge is 0.236 e. The highest BCUT2D eigenvalue weighted by atomic mass is 32.1. The van der Waals surface area contributed by atoms with Crippen molar-refractivity contribution in [2.45, 2.75) is 31.8 Å². The van der Waals surface area contributed by atoms with E-state index in [0.717, 1.165) is 58.5 Å². The number of amides is 1. The van der Waals surface area contributed by atoms with Crippen molar-refractivity contribution in [3.05, 3.63) is 22.4 Å². The molecule has 3 heterocycles. The molecule has 6 heteroatoms. The monoisotopic (exact) mass is 337 g/mol. The summed E-state index contributed by atoms with van der Waals surface area (Å²) in [5.41, 5.74) is 1.37. The number of rotatable bonds is 5. The van der Waals surface area contributed by atoms with Crippen LogP contribution < -0.4 is 0 Å². The second-order valence-corrected chi connectivity index (χ2v) is 7.37. The molecule has 2 aliphatic rings. The predicted octanol–water partition coefficient (Wildman–Crippen LogP) is 1.24. The quantitative estimate of drug-likeness (QED) is 0.878. The molecule has 1 unspecified atom stereocenters. The second-order valence-electron chi connectivity index (χ2n) is 6.59. The standard InChI is InChI=1S/C17H27N3O2S/c21-13-16-3-1-2-5-20(16)12-17(22)19-8-6-18(7-9-19)11-15-4-10-23-14-15/h4,10,14,16,21H,1-3,5-9,11-13H2. The van der Waals surface area contributed by atoms with Crippen molar-refractivity contribution in [3.63, 3.8) is 0 Å². The SMILES string of the molecule is O=C(CN1CCCCC1CO)N1CCN(Cc2ccsc2)CC1. The number of piperidine rings is 1. The molecule has 2 fully saturated rings. The van der Waals surface area contributed by atoms with Gasteiger partial charge in [-0.3, -0.25) is 14.6 Å². The Kier molecular flexibility index (Phi) is 6.05. The molecule has 3 rings (SSSR count). The first-order chi connectivity index (χ1) is 11.3. The molecule has 5 nitrogen and oxygen atoms in total. The Morgan fingerprint density at radius 2 is 2.04 bits per heavy atom. The van der Waals surface area contributed by atoms with Gasteiger partial charge in [0.2, 0.25) is 5.91 Å². The van der Waals surface area contributed by atoms with Crippen LogP contribution in [0.1, 0.15) is 24.8 Å². The molecule has 0 bridgehead atoms. The lowest BCUT2D eigenvalue weighted by Gasteiger charge is -2.38. The number of nitrogens with zero attached hydrogens (tertiary/aromatic N) is 3. The Labute approximate surface area is 142 Å². The summed E-state index contributed by atoms with van der Waals surface area (Å²) >= 11 is 1.74. The van der Waals surface area contributed by atoms with E-state index in [2.05, 4.69) is 26.6 Å². The van der Waals surface area contributed by atoms with Crippen molar-refractivity contribution in [3.8, 4) is 0 Å². The molecule has 1 aromatic heterocycles. The van der Waals surface area contributed by atoms with Crippen LogP contribution in [0.5, 0.6) is 0 Å². The van der Waals surface area contributed by atoms with Crippen LogP contribution in [0.15, 0.2) is 16.8 Å². The lowest BCUT2D eigenvalue weighted by molar-refractivity contribution is -0.135. The van der Waals surface area contributed by atoms with Gasteiger partial charge < -0.3 is 10.0 Å². The summed E-state index contributed by atoms with van der Waals surface area (Å²) in [5, 5.41) is 13.8. The van der Waals surface area contributed by atoms with Crippen LogP contribution in [0.25, 0.3) is 0 Å². The zero-order chi connectivity index (χ0) is 16.1. The number of hydrogen-bond acceptors (Lipinski definition) is 5. The van der Waals surface area contributed by atoms with Crippen LogP contribution in [0.4, 0.5) is 0 Å². The molecule has 0 aromatic carbocycles. The number of likely N-dealkylation sites (tertiary alicyclic amines) is 1. The van der Waals surface area contributed by atoms with Crippen molar-refractivity contribution in [2.75, 3.05) is 45.9 Å². The average Bonchev–Trinajstić information content (AvgIpc) is 3.09. The summed E-state index contributed by atoms with van der Waals surface area (Å²) in [7, 11) is 0. The van der Waals surface area contributed by atoms with Gasteiger partial charge in [-0.25, -0.2) is 0 Å². The molecule has 0 aliphatic carbocycles. The average molecular weight is 337 g/mol. The van der Waals surface area contributed by atoms with Gasteiger partial charge in [0, 0.05) is 38.8 Å². The summed E-state index contributed by atoms with van der Waals surface area (Å²) in [4.78, 5) is 19.1. The summed E-state index contributed by atoms with van der Waals surface area (Å²) in [6.07, 6.45) is 3.31. The minimum absolute atomic E-state index is 0.168. The molecule has 0 spiro atoms. The highest BCUT2D eigenvalue weighted by Gasteiger charge is 2.27. The fourth-order valence-corrected chi connectivity index (χ4v) is 4.20. The molecule has 2 saturated heterocycles. The van der Waals surface area contributed by atoms with E-state index in [1.54, 1.807) is 11.3 Å². The maximum atomic E-state index is 12.5. The molecule has 1 atom stereocenters. The van der Waals surface area contributed by atoms with Crippen LogP contribution in [0, 0.1) is 0 Å². The summed E-state index contributed by atoms with van der Waals surface area (Å²) in [5.74, 6) is 0.223. The van der Waals surface area contributed by atoms with Crippen molar-refractivity contribution in [1.29, 1.82) is 0 Å².